The van der Waals surface area contributed by atoms with Crippen LogP contribution in [0.1, 0.15) is 39.5 Å². The average Bonchev–Trinajstić information content (AvgIpc) is 3.32. The summed E-state index contributed by atoms with van der Waals surface area (Å²) in [5.41, 5.74) is 0.371. The molecular weight excluding hydrogens is 551 g/mol. The standard InChI is InChI=1S/C20H35N4O10PS2/c1-13(33-3)21-19(37(30,31)32)16-10-15(12-24(16)14(2)25)22-34-7-5-9-35(28,29)8-4-6-23-18(26)11-17(36)20(23)27/h13,16-17,19,21,36H,4-12H2,1-3H3,(H,28,29)(H,30,31,32)/b22-15-/t13?,16-,17?,19?/m0/s1. The molecule has 4 unspecified atom stereocenters. The summed E-state index contributed by atoms with van der Waals surface area (Å²) >= 11 is 4.04. The molecule has 2 heterocycles. The number of ether oxygens (including phenoxy) is 1. The number of amides is 3. The van der Waals surface area contributed by atoms with Crippen molar-refractivity contribution in [1.29, 1.82) is 0 Å². The quantitative estimate of drug-likeness (QED) is 0.0404. The Kier molecular flexibility index (Phi) is 11.5. The predicted octanol–water partition coefficient (Wildman–Crippen LogP) is -0.116. The molecule has 0 aromatic carbocycles. The van der Waals surface area contributed by atoms with Crippen molar-refractivity contribution < 1.29 is 46.4 Å². The Morgan fingerprint density at radius 2 is 1.95 bits per heavy atom. The molecule has 2 aliphatic heterocycles. The molecular formula is C20H35N4O10PS2. The van der Waals surface area contributed by atoms with E-state index in [-0.39, 0.29) is 63.6 Å². The first kappa shape index (κ1) is 31.7. The summed E-state index contributed by atoms with van der Waals surface area (Å²) in [4.78, 5) is 53.4. The summed E-state index contributed by atoms with van der Waals surface area (Å²) in [6.07, 6.45) is -0.387. The number of likely N-dealkylation sites (tertiary alicyclic amines) is 2. The van der Waals surface area contributed by atoms with E-state index in [1.807, 2.05) is 0 Å². The number of methoxy groups -OCH3 is 1. The van der Waals surface area contributed by atoms with Gasteiger partial charge in [-0.2, -0.15) is 21.0 Å². The fourth-order valence-corrected chi connectivity index (χ4v) is 6.89. The highest BCUT2D eigenvalue weighted by Crippen LogP contribution is 2.41. The number of thiol groups is 1. The highest BCUT2D eigenvalue weighted by atomic mass is 32.2. The predicted molar refractivity (Wildman–Crippen MR) is 137 cm³/mol. The molecule has 17 heteroatoms. The van der Waals surface area contributed by atoms with Crippen molar-refractivity contribution in [2.45, 2.75) is 62.4 Å². The van der Waals surface area contributed by atoms with Crippen molar-refractivity contribution in [3.05, 3.63) is 0 Å². The van der Waals surface area contributed by atoms with Gasteiger partial charge in [0.2, 0.25) is 25.1 Å². The van der Waals surface area contributed by atoms with E-state index in [9.17, 15) is 36.8 Å². The van der Waals surface area contributed by atoms with E-state index in [1.165, 1.54) is 18.9 Å². The van der Waals surface area contributed by atoms with E-state index in [4.69, 9.17) is 9.57 Å². The molecule has 2 fully saturated rings. The molecule has 0 aromatic heterocycles. The molecule has 0 saturated carbocycles. The SMILES string of the molecule is COC(C)NC([C@@H]1C/C(=N/OCCCP(=O)(O)CCCN2C(=O)CC(S)C2=O)CN1C(C)=O)S(=O)(=O)O. The van der Waals surface area contributed by atoms with Gasteiger partial charge in [0.05, 0.1) is 23.5 Å². The third kappa shape index (κ3) is 9.30. The van der Waals surface area contributed by atoms with Crippen molar-refractivity contribution in [3.63, 3.8) is 0 Å². The van der Waals surface area contributed by atoms with Crippen LogP contribution in [0, 0.1) is 0 Å². The van der Waals surface area contributed by atoms with Gasteiger partial charge in [0.1, 0.15) is 12.8 Å². The van der Waals surface area contributed by atoms with Crippen LogP contribution in [0.25, 0.3) is 0 Å². The third-order valence-corrected chi connectivity index (χ3v) is 9.60. The second-order valence-electron chi connectivity index (χ2n) is 8.99. The zero-order valence-corrected chi connectivity index (χ0v) is 23.6. The van der Waals surface area contributed by atoms with E-state index >= 15 is 0 Å². The Balaban J connectivity index is 1.84. The molecule has 0 bridgehead atoms. The van der Waals surface area contributed by atoms with Gasteiger partial charge in [0.25, 0.3) is 10.1 Å². The van der Waals surface area contributed by atoms with Gasteiger partial charge in [-0.3, -0.25) is 33.7 Å². The lowest BCUT2D eigenvalue weighted by Crippen LogP contribution is -2.55. The van der Waals surface area contributed by atoms with Crippen molar-refractivity contribution >= 4 is 53.5 Å². The first-order valence-electron chi connectivity index (χ1n) is 11.7. The number of rotatable bonds is 14. The number of carbonyl (C=O) groups is 3. The van der Waals surface area contributed by atoms with Crippen molar-refractivity contribution in [3.8, 4) is 0 Å². The minimum Gasteiger partial charge on any atom is -0.396 e. The van der Waals surface area contributed by atoms with Crippen LogP contribution < -0.4 is 5.32 Å². The lowest BCUT2D eigenvalue weighted by Gasteiger charge is -2.30. The Morgan fingerprint density at radius 3 is 2.49 bits per heavy atom. The number of hydrogen-bond donors (Lipinski definition) is 4. The summed E-state index contributed by atoms with van der Waals surface area (Å²) in [5, 5.41) is 4.42. The van der Waals surface area contributed by atoms with Gasteiger partial charge in [-0.25, -0.2) is 0 Å². The number of oxime groups is 1. The second kappa shape index (κ2) is 13.5. The topological polar surface area (TPSA) is 192 Å². The van der Waals surface area contributed by atoms with Crippen LogP contribution in [-0.4, -0.2) is 113 Å². The number of nitrogens with zero attached hydrogens (tertiary/aromatic N) is 3. The minimum absolute atomic E-state index is 0.00387. The Hall–Kier alpha value is -1.55. The van der Waals surface area contributed by atoms with Crippen molar-refractivity contribution in [2.75, 3.05) is 39.1 Å². The molecule has 0 radical (unpaired) electrons. The van der Waals surface area contributed by atoms with Gasteiger partial charge in [0, 0.05) is 45.7 Å². The number of imide groups is 1. The lowest BCUT2D eigenvalue weighted by atomic mass is 10.2. The van der Waals surface area contributed by atoms with Gasteiger partial charge in [-0.05, 0) is 19.8 Å². The van der Waals surface area contributed by atoms with Gasteiger partial charge in [-0.1, -0.05) is 5.16 Å². The molecule has 3 N–H and O–H groups in total. The summed E-state index contributed by atoms with van der Waals surface area (Å²) in [5.74, 6) is -1.15. The molecule has 0 spiro atoms. The zero-order valence-electron chi connectivity index (χ0n) is 21.0. The van der Waals surface area contributed by atoms with Crippen molar-refractivity contribution in [2.24, 2.45) is 5.16 Å². The summed E-state index contributed by atoms with van der Waals surface area (Å²) in [7, 11) is -6.75. The molecule has 0 aromatic rings. The molecule has 5 atom stereocenters. The molecule has 2 aliphatic rings. The maximum absolute atomic E-state index is 12.4. The second-order valence-corrected chi connectivity index (χ2v) is 13.7. The number of carbonyl (C=O) groups excluding carboxylic acids is 3. The number of nitrogens with one attached hydrogen (secondary N) is 1. The van der Waals surface area contributed by atoms with E-state index in [0.29, 0.717) is 5.71 Å². The fourth-order valence-electron chi connectivity index (χ4n) is 4.11. The largest absolute Gasteiger partial charge is 0.396 e. The highest BCUT2D eigenvalue weighted by Gasteiger charge is 2.43. The van der Waals surface area contributed by atoms with Gasteiger partial charge >= 0.3 is 0 Å². The van der Waals surface area contributed by atoms with Gasteiger partial charge in [0.15, 0.2) is 5.37 Å². The van der Waals surface area contributed by atoms with Gasteiger partial charge < -0.3 is 19.4 Å². The lowest BCUT2D eigenvalue weighted by molar-refractivity contribution is -0.138. The molecule has 14 nitrogen and oxygen atoms in total. The monoisotopic (exact) mass is 586 g/mol. The van der Waals surface area contributed by atoms with Crippen LogP contribution in [0.3, 0.4) is 0 Å². The Bertz CT molecular complexity index is 1040. The normalized spacial score (nSPS) is 25.0. The molecule has 0 aliphatic carbocycles. The maximum atomic E-state index is 12.4. The first-order chi connectivity index (χ1) is 17.2. The van der Waals surface area contributed by atoms with Crippen molar-refractivity contribution in [1.82, 2.24) is 15.1 Å². The number of hydrogen-bond acceptors (Lipinski definition) is 11. The maximum Gasteiger partial charge on any atom is 0.283 e. The molecule has 2 saturated heterocycles. The summed E-state index contributed by atoms with van der Waals surface area (Å²) in [6.45, 7) is 2.88. The van der Waals surface area contributed by atoms with Crippen LogP contribution in [-0.2, 0) is 38.6 Å². The average molecular weight is 587 g/mol. The van der Waals surface area contributed by atoms with E-state index < -0.39 is 52.2 Å². The summed E-state index contributed by atoms with van der Waals surface area (Å²) < 4.78 is 51.1. The Labute approximate surface area is 221 Å². The van der Waals surface area contributed by atoms with E-state index in [0.717, 1.165) is 4.90 Å². The summed E-state index contributed by atoms with van der Waals surface area (Å²) in [6, 6.07) is -0.947. The van der Waals surface area contributed by atoms with E-state index in [1.54, 1.807) is 6.92 Å². The fraction of sp³-hybridized carbons (Fsp3) is 0.800. The molecule has 37 heavy (non-hydrogen) atoms. The van der Waals surface area contributed by atoms with Crippen LogP contribution in [0.4, 0.5) is 0 Å². The first-order valence-corrected chi connectivity index (χ1v) is 15.7. The molecule has 212 valence electrons. The van der Waals surface area contributed by atoms with Crippen LogP contribution in [0.5, 0.6) is 0 Å². The Morgan fingerprint density at radius 1 is 1.30 bits per heavy atom. The van der Waals surface area contributed by atoms with Crippen LogP contribution >= 0.6 is 20.0 Å². The van der Waals surface area contributed by atoms with Gasteiger partial charge in [-0.15, -0.1) is 0 Å². The van der Waals surface area contributed by atoms with Crippen LogP contribution in [0.15, 0.2) is 5.16 Å². The smallest absolute Gasteiger partial charge is 0.283 e. The minimum atomic E-state index is -4.59. The third-order valence-electron chi connectivity index (χ3n) is 6.07. The van der Waals surface area contributed by atoms with E-state index in [2.05, 4.69) is 23.1 Å². The molecule has 3 amide bonds. The highest BCUT2D eigenvalue weighted by molar-refractivity contribution is 7.86. The zero-order chi connectivity index (χ0) is 28.0. The molecule has 2 rings (SSSR count). The van der Waals surface area contributed by atoms with Crippen LogP contribution in [0.2, 0.25) is 0 Å².